The van der Waals surface area contributed by atoms with Crippen molar-refractivity contribution >= 4 is 17.7 Å². The van der Waals surface area contributed by atoms with Gasteiger partial charge in [0.05, 0.1) is 0 Å². The van der Waals surface area contributed by atoms with Crippen LogP contribution in [0.2, 0.25) is 5.02 Å². The molecular weight excluding hydrogens is 246 g/mol. The molecule has 6 nitrogen and oxygen atoms in total. The molecule has 0 saturated carbocycles. The summed E-state index contributed by atoms with van der Waals surface area (Å²) in [6.07, 6.45) is -0.892. The second-order valence-corrected chi connectivity index (χ2v) is 3.56. The van der Waals surface area contributed by atoms with E-state index in [0.29, 0.717) is 10.8 Å². The molecule has 2 rings (SSSR count). The lowest BCUT2D eigenvalue weighted by molar-refractivity contribution is 0.135. The van der Waals surface area contributed by atoms with Crippen LogP contribution in [0.1, 0.15) is 5.89 Å². The summed E-state index contributed by atoms with van der Waals surface area (Å²) in [6.45, 7) is -0.143. The van der Waals surface area contributed by atoms with E-state index in [4.69, 9.17) is 21.9 Å². The van der Waals surface area contributed by atoms with Gasteiger partial charge in [-0.05, 0) is 24.3 Å². The summed E-state index contributed by atoms with van der Waals surface area (Å²) in [4.78, 5) is 14.4. The van der Waals surface area contributed by atoms with Crippen molar-refractivity contribution in [1.82, 2.24) is 10.1 Å². The fourth-order valence-electron chi connectivity index (χ4n) is 1.16. The predicted octanol–water partition coefficient (Wildman–Crippen LogP) is 1.99. The minimum absolute atomic E-state index is 0.143. The Balaban J connectivity index is 2.12. The third-order valence-corrected chi connectivity index (χ3v) is 2.16. The summed E-state index contributed by atoms with van der Waals surface area (Å²) in [6, 6.07) is 6.94. The largest absolute Gasteiger partial charge is 0.440 e. The molecule has 0 radical (unpaired) electrons. The van der Waals surface area contributed by atoms with Crippen molar-refractivity contribution in [2.24, 2.45) is 5.73 Å². The van der Waals surface area contributed by atoms with Gasteiger partial charge in [0.25, 0.3) is 5.89 Å². The molecule has 1 aromatic heterocycles. The smallest absolute Gasteiger partial charge is 0.405 e. The van der Waals surface area contributed by atoms with E-state index in [1.54, 1.807) is 24.3 Å². The van der Waals surface area contributed by atoms with E-state index < -0.39 is 6.09 Å². The van der Waals surface area contributed by atoms with Gasteiger partial charge in [0.15, 0.2) is 6.61 Å². The summed E-state index contributed by atoms with van der Waals surface area (Å²) < 4.78 is 9.39. The Morgan fingerprint density at radius 2 is 2.12 bits per heavy atom. The third-order valence-electron chi connectivity index (χ3n) is 1.91. The molecule has 0 atom stereocenters. The van der Waals surface area contributed by atoms with Crippen LogP contribution in [-0.4, -0.2) is 16.2 Å². The molecule has 88 valence electrons. The topological polar surface area (TPSA) is 91.2 Å². The van der Waals surface area contributed by atoms with E-state index >= 15 is 0 Å². The Morgan fingerprint density at radius 3 is 2.76 bits per heavy atom. The second-order valence-electron chi connectivity index (χ2n) is 3.13. The first-order chi connectivity index (χ1) is 8.15. The summed E-state index contributed by atoms with van der Waals surface area (Å²) in [5, 5.41) is 4.35. The van der Waals surface area contributed by atoms with E-state index in [0.717, 1.165) is 5.56 Å². The maximum Gasteiger partial charge on any atom is 0.405 e. The number of hydrogen-bond acceptors (Lipinski definition) is 5. The molecule has 0 spiro atoms. The molecule has 0 bridgehead atoms. The van der Waals surface area contributed by atoms with Crippen molar-refractivity contribution < 1.29 is 14.1 Å². The van der Waals surface area contributed by atoms with Crippen molar-refractivity contribution in [3.8, 4) is 11.4 Å². The van der Waals surface area contributed by atoms with Crippen molar-refractivity contribution in [2.45, 2.75) is 6.61 Å². The monoisotopic (exact) mass is 253 g/mol. The predicted molar refractivity (Wildman–Crippen MR) is 59.1 cm³/mol. The molecule has 2 aromatic rings. The Hall–Kier alpha value is -2.08. The van der Waals surface area contributed by atoms with Gasteiger partial charge in [0.2, 0.25) is 5.82 Å². The first kappa shape index (κ1) is 11.4. The molecule has 1 aromatic carbocycles. The first-order valence-corrected chi connectivity index (χ1v) is 5.03. The van der Waals surface area contributed by atoms with Gasteiger partial charge in [-0.2, -0.15) is 4.98 Å². The molecule has 0 fully saturated rings. The van der Waals surface area contributed by atoms with Gasteiger partial charge in [-0.3, -0.25) is 0 Å². The summed E-state index contributed by atoms with van der Waals surface area (Å²) >= 11 is 5.75. The van der Waals surface area contributed by atoms with Crippen LogP contribution in [0.5, 0.6) is 0 Å². The average molecular weight is 254 g/mol. The van der Waals surface area contributed by atoms with E-state index in [-0.39, 0.29) is 12.5 Å². The molecule has 1 heterocycles. The Kier molecular flexibility index (Phi) is 3.24. The van der Waals surface area contributed by atoms with Crippen LogP contribution in [0, 0.1) is 0 Å². The highest BCUT2D eigenvalue weighted by Crippen LogP contribution is 2.18. The van der Waals surface area contributed by atoms with Crippen molar-refractivity contribution in [2.75, 3.05) is 0 Å². The van der Waals surface area contributed by atoms with Gasteiger partial charge in [-0.1, -0.05) is 16.8 Å². The molecule has 1 amide bonds. The highest BCUT2D eigenvalue weighted by Gasteiger charge is 2.09. The number of carbonyl (C=O) groups excluding carboxylic acids is 1. The Bertz CT molecular complexity index is 524. The highest BCUT2D eigenvalue weighted by molar-refractivity contribution is 6.30. The Labute approximate surface area is 101 Å². The number of rotatable bonds is 3. The van der Waals surface area contributed by atoms with Crippen LogP contribution in [0.3, 0.4) is 0 Å². The van der Waals surface area contributed by atoms with Crippen molar-refractivity contribution in [3.05, 3.63) is 35.2 Å². The minimum Gasteiger partial charge on any atom is -0.440 e. The third kappa shape index (κ3) is 2.94. The second kappa shape index (κ2) is 4.84. The molecule has 7 heteroatoms. The molecule has 17 heavy (non-hydrogen) atoms. The summed E-state index contributed by atoms with van der Waals surface area (Å²) in [5.74, 6) is 0.568. The number of aromatic nitrogens is 2. The van der Waals surface area contributed by atoms with E-state index in [2.05, 4.69) is 14.9 Å². The van der Waals surface area contributed by atoms with E-state index in [1.165, 1.54) is 0 Å². The maximum atomic E-state index is 10.4. The van der Waals surface area contributed by atoms with Crippen LogP contribution < -0.4 is 5.73 Å². The van der Waals surface area contributed by atoms with Crippen LogP contribution in [0.4, 0.5) is 4.79 Å². The Morgan fingerprint density at radius 1 is 1.41 bits per heavy atom. The number of nitrogens with zero attached hydrogens (tertiary/aromatic N) is 2. The zero-order chi connectivity index (χ0) is 12.3. The van der Waals surface area contributed by atoms with Gasteiger partial charge in [0.1, 0.15) is 0 Å². The van der Waals surface area contributed by atoms with Crippen LogP contribution in [-0.2, 0) is 11.3 Å². The van der Waals surface area contributed by atoms with Crippen molar-refractivity contribution in [1.29, 1.82) is 0 Å². The SMILES string of the molecule is NC(=O)OCc1nc(-c2ccc(Cl)cc2)no1. The standard InChI is InChI=1S/C10H8ClN3O3/c11-7-3-1-6(2-4-7)9-13-8(17-14-9)5-16-10(12)15/h1-4H,5H2,(H2,12,15). The zero-order valence-corrected chi connectivity index (χ0v) is 9.35. The number of halogens is 1. The lowest BCUT2D eigenvalue weighted by atomic mass is 10.2. The lowest BCUT2D eigenvalue weighted by Crippen LogP contribution is -2.12. The lowest BCUT2D eigenvalue weighted by Gasteiger charge is -1.94. The minimum atomic E-state index is -0.892. The molecule has 2 N–H and O–H groups in total. The molecule has 0 aliphatic rings. The number of hydrogen-bond donors (Lipinski definition) is 1. The molecule has 0 saturated heterocycles. The van der Waals surface area contributed by atoms with E-state index in [9.17, 15) is 4.79 Å². The summed E-state index contributed by atoms with van der Waals surface area (Å²) in [7, 11) is 0. The maximum absolute atomic E-state index is 10.4. The quantitative estimate of drug-likeness (QED) is 0.903. The number of benzene rings is 1. The van der Waals surface area contributed by atoms with Gasteiger partial charge in [-0.25, -0.2) is 4.79 Å². The fraction of sp³-hybridized carbons (Fsp3) is 0.100. The molecular formula is C10H8ClN3O3. The van der Waals surface area contributed by atoms with Gasteiger partial charge in [0, 0.05) is 10.6 Å². The van der Waals surface area contributed by atoms with Crippen LogP contribution in [0.15, 0.2) is 28.8 Å². The highest BCUT2D eigenvalue weighted by atomic mass is 35.5. The average Bonchev–Trinajstić information content (AvgIpc) is 2.76. The summed E-state index contributed by atoms with van der Waals surface area (Å²) in [5.41, 5.74) is 5.56. The van der Waals surface area contributed by atoms with Gasteiger partial charge < -0.3 is 15.0 Å². The zero-order valence-electron chi connectivity index (χ0n) is 8.59. The normalized spacial score (nSPS) is 10.2. The van der Waals surface area contributed by atoms with Crippen molar-refractivity contribution in [3.63, 3.8) is 0 Å². The first-order valence-electron chi connectivity index (χ1n) is 4.66. The van der Waals surface area contributed by atoms with E-state index in [1.807, 2.05) is 0 Å². The van der Waals surface area contributed by atoms with Crippen LogP contribution in [0.25, 0.3) is 11.4 Å². The number of primary amides is 1. The van der Waals surface area contributed by atoms with Crippen LogP contribution >= 0.6 is 11.6 Å². The molecule has 0 unspecified atom stereocenters. The molecule has 0 aliphatic heterocycles. The number of carbonyl (C=O) groups is 1. The van der Waals surface area contributed by atoms with Gasteiger partial charge in [-0.15, -0.1) is 0 Å². The number of amides is 1. The molecule has 0 aliphatic carbocycles. The number of ether oxygens (including phenoxy) is 1. The number of nitrogens with two attached hydrogens (primary N) is 1. The fourth-order valence-corrected chi connectivity index (χ4v) is 1.29. The van der Waals surface area contributed by atoms with Gasteiger partial charge >= 0.3 is 6.09 Å².